The van der Waals surface area contributed by atoms with Crippen LogP contribution in [0, 0.1) is 6.92 Å². The Labute approximate surface area is 110 Å². The number of rotatable bonds is 4. The Morgan fingerprint density at radius 1 is 1.32 bits per heavy atom. The second-order valence-corrected chi connectivity index (χ2v) is 3.82. The van der Waals surface area contributed by atoms with Gasteiger partial charge in [0.2, 0.25) is 0 Å². The van der Waals surface area contributed by atoms with Gasteiger partial charge in [0.15, 0.2) is 0 Å². The van der Waals surface area contributed by atoms with Crippen LogP contribution in [0.5, 0.6) is 11.5 Å². The van der Waals surface area contributed by atoms with E-state index >= 15 is 0 Å². The third-order valence-corrected chi connectivity index (χ3v) is 2.65. The van der Waals surface area contributed by atoms with Gasteiger partial charge < -0.3 is 19.3 Å². The van der Waals surface area contributed by atoms with E-state index in [1.165, 1.54) is 13.3 Å². The normalized spacial score (nSPS) is 10.1. The van der Waals surface area contributed by atoms with Gasteiger partial charge in [-0.25, -0.2) is 0 Å². The van der Waals surface area contributed by atoms with E-state index in [4.69, 9.17) is 14.0 Å². The molecular formula is C13H14N2O4. The molecule has 1 heterocycles. The van der Waals surface area contributed by atoms with Crippen molar-refractivity contribution >= 4 is 11.6 Å². The molecule has 0 unspecified atom stereocenters. The van der Waals surface area contributed by atoms with Crippen LogP contribution in [0.25, 0.3) is 0 Å². The average molecular weight is 262 g/mol. The largest absolute Gasteiger partial charge is 0.497 e. The lowest BCUT2D eigenvalue weighted by molar-refractivity contribution is 0.102. The average Bonchev–Trinajstić information content (AvgIpc) is 2.85. The summed E-state index contributed by atoms with van der Waals surface area (Å²) in [5, 5.41) is 6.30. The summed E-state index contributed by atoms with van der Waals surface area (Å²) < 4.78 is 15.1. The number of hydrogen-bond donors (Lipinski definition) is 1. The number of carbonyl (C=O) groups excluding carboxylic acids is 1. The third-order valence-electron chi connectivity index (χ3n) is 2.65. The fourth-order valence-electron chi connectivity index (χ4n) is 1.61. The van der Waals surface area contributed by atoms with Gasteiger partial charge in [0.05, 0.1) is 26.1 Å². The van der Waals surface area contributed by atoms with Crippen molar-refractivity contribution in [3.63, 3.8) is 0 Å². The molecule has 1 amide bonds. The molecule has 0 atom stereocenters. The number of aryl methyl sites for hydroxylation is 1. The maximum atomic E-state index is 12.0. The van der Waals surface area contributed by atoms with Crippen LogP contribution in [0.2, 0.25) is 0 Å². The minimum atomic E-state index is -0.304. The zero-order valence-electron chi connectivity index (χ0n) is 10.9. The summed E-state index contributed by atoms with van der Waals surface area (Å²) in [6, 6.07) is 5.13. The fraction of sp³-hybridized carbons (Fsp3) is 0.231. The highest BCUT2D eigenvalue weighted by Crippen LogP contribution is 2.29. The van der Waals surface area contributed by atoms with Crippen LogP contribution in [0.15, 0.2) is 28.9 Å². The van der Waals surface area contributed by atoms with Crippen molar-refractivity contribution in [3.05, 3.63) is 35.7 Å². The Bertz CT molecular complexity index is 592. The van der Waals surface area contributed by atoms with E-state index in [2.05, 4.69) is 10.5 Å². The number of ether oxygens (including phenoxy) is 2. The quantitative estimate of drug-likeness (QED) is 0.914. The first kappa shape index (κ1) is 12.9. The number of aromatic nitrogens is 1. The monoisotopic (exact) mass is 262 g/mol. The van der Waals surface area contributed by atoms with Crippen LogP contribution < -0.4 is 14.8 Å². The first-order valence-corrected chi connectivity index (χ1v) is 5.60. The van der Waals surface area contributed by atoms with Crippen LogP contribution in [0.4, 0.5) is 5.69 Å². The van der Waals surface area contributed by atoms with Gasteiger partial charge >= 0.3 is 0 Å². The molecule has 6 nitrogen and oxygen atoms in total. The molecule has 2 aromatic rings. The van der Waals surface area contributed by atoms with E-state index in [0.717, 1.165) is 0 Å². The maximum Gasteiger partial charge on any atom is 0.260 e. The summed E-state index contributed by atoms with van der Waals surface area (Å²) >= 11 is 0. The number of carbonyl (C=O) groups is 1. The van der Waals surface area contributed by atoms with Gasteiger partial charge in [0, 0.05) is 6.07 Å². The van der Waals surface area contributed by atoms with E-state index in [9.17, 15) is 4.79 Å². The molecular weight excluding hydrogens is 248 g/mol. The zero-order chi connectivity index (χ0) is 13.8. The summed E-state index contributed by atoms with van der Waals surface area (Å²) in [4.78, 5) is 12.0. The molecule has 1 N–H and O–H groups in total. The van der Waals surface area contributed by atoms with Crippen molar-refractivity contribution in [1.82, 2.24) is 5.16 Å². The van der Waals surface area contributed by atoms with E-state index in [1.54, 1.807) is 32.2 Å². The summed E-state index contributed by atoms with van der Waals surface area (Å²) in [6.45, 7) is 1.67. The van der Waals surface area contributed by atoms with Crippen LogP contribution in [0.1, 0.15) is 16.1 Å². The summed E-state index contributed by atoms with van der Waals surface area (Å²) in [7, 11) is 3.09. The molecule has 0 aliphatic rings. The van der Waals surface area contributed by atoms with Crippen LogP contribution >= 0.6 is 0 Å². The highest BCUT2D eigenvalue weighted by atomic mass is 16.5. The molecule has 0 radical (unpaired) electrons. The number of nitrogens with zero attached hydrogens (tertiary/aromatic N) is 1. The highest BCUT2D eigenvalue weighted by molar-refractivity contribution is 6.05. The van der Waals surface area contributed by atoms with Gasteiger partial charge in [-0.1, -0.05) is 5.16 Å². The van der Waals surface area contributed by atoms with E-state index in [1.807, 2.05) is 0 Å². The second kappa shape index (κ2) is 5.43. The molecule has 0 aliphatic heterocycles. The van der Waals surface area contributed by atoms with Crippen molar-refractivity contribution in [1.29, 1.82) is 0 Å². The lowest BCUT2D eigenvalue weighted by atomic mass is 10.2. The summed E-state index contributed by atoms with van der Waals surface area (Å²) in [5.74, 6) is 1.32. The van der Waals surface area contributed by atoms with Gasteiger partial charge in [-0.05, 0) is 19.1 Å². The van der Waals surface area contributed by atoms with Gasteiger partial charge in [-0.2, -0.15) is 0 Å². The molecule has 6 heteroatoms. The Morgan fingerprint density at radius 3 is 2.68 bits per heavy atom. The Kier molecular flexibility index (Phi) is 3.70. The smallest absolute Gasteiger partial charge is 0.260 e. The summed E-state index contributed by atoms with van der Waals surface area (Å²) in [6.07, 6.45) is 1.38. The number of hydrogen-bond acceptors (Lipinski definition) is 5. The first-order chi connectivity index (χ1) is 9.15. The highest BCUT2D eigenvalue weighted by Gasteiger charge is 2.15. The second-order valence-electron chi connectivity index (χ2n) is 3.82. The SMILES string of the molecule is COc1ccc(NC(=O)c2cnoc2C)c(OC)c1. The Morgan fingerprint density at radius 2 is 2.11 bits per heavy atom. The van der Waals surface area contributed by atoms with Gasteiger partial charge in [0.1, 0.15) is 22.8 Å². The van der Waals surface area contributed by atoms with Crippen LogP contribution in [-0.4, -0.2) is 25.3 Å². The zero-order valence-corrected chi connectivity index (χ0v) is 10.9. The van der Waals surface area contributed by atoms with E-state index in [-0.39, 0.29) is 5.91 Å². The first-order valence-electron chi connectivity index (χ1n) is 5.60. The maximum absolute atomic E-state index is 12.0. The van der Waals surface area contributed by atoms with Crippen molar-refractivity contribution in [3.8, 4) is 11.5 Å². The third kappa shape index (κ3) is 2.67. The molecule has 0 spiro atoms. The fourth-order valence-corrected chi connectivity index (χ4v) is 1.61. The van der Waals surface area contributed by atoms with E-state index < -0.39 is 0 Å². The van der Waals surface area contributed by atoms with Gasteiger partial charge in [-0.3, -0.25) is 4.79 Å². The molecule has 1 aromatic carbocycles. The minimum Gasteiger partial charge on any atom is -0.497 e. The van der Waals surface area contributed by atoms with Crippen LogP contribution in [-0.2, 0) is 0 Å². The topological polar surface area (TPSA) is 73.6 Å². The molecule has 0 fully saturated rings. The molecule has 1 aromatic heterocycles. The Balaban J connectivity index is 2.24. The van der Waals surface area contributed by atoms with Gasteiger partial charge in [-0.15, -0.1) is 0 Å². The van der Waals surface area contributed by atoms with E-state index in [0.29, 0.717) is 28.5 Å². The molecule has 0 saturated heterocycles. The molecule has 2 rings (SSSR count). The van der Waals surface area contributed by atoms with Crippen molar-refractivity contribution in [2.24, 2.45) is 0 Å². The number of anilines is 1. The molecule has 0 aliphatic carbocycles. The Hall–Kier alpha value is -2.50. The van der Waals surface area contributed by atoms with Crippen molar-refractivity contribution in [2.45, 2.75) is 6.92 Å². The number of benzene rings is 1. The van der Waals surface area contributed by atoms with Gasteiger partial charge in [0.25, 0.3) is 5.91 Å². The number of amides is 1. The summed E-state index contributed by atoms with van der Waals surface area (Å²) in [5.41, 5.74) is 0.937. The lowest BCUT2D eigenvalue weighted by Crippen LogP contribution is -2.12. The molecule has 19 heavy (non-hydrogen) atoms. The lowest BCUT2D eigenvalue weighted by Gasteiger charge is -2.11. The molecule has 0 bridgehead atoms. The van der Waals surface area contributed by atoms with Crippen LogP contribution in [0.3, 0.4) is 0 Å². The predicted octanol–water partition coefficient (Wildman–Crippen LogP) is 2.25. The predicted molar refractivity (Wildman–Crippen MR) is 68.7 cm³/mol. The molecule has 100 valence electrons. The van der Waals surface area contributed by atoms with Crippen molar-refractivity contribution < 1.29 is 18.8 Å². The molecule has 0 saturated carbocycles. The number of nitrogens with one attached hydrogen (secondary N) is 1. The number of methoxy groups -OCH3 is 2. The standard InChI is InChI=1S/C13H14N2O4/c1-8-10(7-14-19-8)13(16)15-11-5-4-9(17-2)6-12(11)18-3/h4-7H,1-3H3,(H,15,16). The minimum absolute atomic E-state index is 0.304. The van der Waals surface area contributed by atoms with Crippen molar-refractivity contribution in [2.75, 3.05) is 19.5 Å².